The minimum absolute atomic E-state index is 0.491. The lowest BCUT2D eigenvalue weighted by Gasteiger charge is -2.42. The molecule has 0 saturated carbocycles. The number of hydrogen-bond donors (Lipinski definition) is 1. The van der Waals surface area contributed by atoms with E-state index in [1.165, 1.54) is 29.5 Å². The summed E-state index contributed by atoms with van der Waals surface area (Å²) in [5.41, 5.74) is 3.50. The first kappa shape index (κ1) is 13.1. The van der Waals surface area contributed by atoms with Crippen molar-refractivity contribution in [2.45, 2.75) is 63.6 Å². The van der Waals surface area contributed by atoms with Gasteiger partial charge in [0.1, 0.15) is 0 Å². The van der Waals surface area contributed by atoms with Gasteiger partial charge in [-0.05, 0) is 63.3 Å². The van der Waals surface area contributed by atoms with Crippen LogP contribution in [0.4, 0.5) is 0 Å². The van der Waals surface area contributed by atoms with Crippen molar-refractivity contribution in [3.8, 4) is 0 Å². The first-order valence-electron chi connectivity index (χ1n) is 7.48. The Kier molecular flexibility index (Phi) is 3.18. The highest BCUT2D eigenvalue weighted by Gasteiger charge is 2.45. The van der Waals surface area contributed by atoms with Crippen molar-refractivity contribution in [1.29, 1.82) is 0 Å². The Bertz CT molecular complexity index is 448. The lowest BCUT2D eigenvalue weighted by molar-refractivity contribution is -0.0439. The van der Waals surface area contributed by atoms with Crippen molar-refractivity contribution in [3.63, 3.8) is 0 Å². The highest BCUT2D eigenvalue weighted by Crippen LogP contribution is 2.41. The van der Waals surface area contributed by atoms with Gasteiger partial charge in [-0.1, -0.05) is 18.2 Å². The molecule has 2 heteroatoms. The molecule has 0 spiro atoms. The van der Waals surface area contributed by atoms with E-state index in [9.17, 15) is 5.11 Å². The zero-order valence-electron chi connectivity index (χ0n) is 12.3. The fourth-order valence-corrected chi connectivity index (χ4v) is 4.14. The molecule has 2 atom stereocenters. The number of aryl methyl sites for hydroxylation is 2. The van der Waals surface area contributed by atoms with Crippen LogP contribution in [0.3, 0.4) is 0 Å². The maximum absolute atomic E-state index is 11.0. The Morgan fingerprint density at radius 3 is 2.21 bits per heavy atom. The zero-order valence-corrected chi connectivity index (χ0v) is 12.3. The predicted molar refractivity (Wildman–Crippen MR) is 78.4 cm³/mol. The van der Waals surface area contributed by atoms with E-state index >= 15 is 0 Å². The molecular weight excluding hydrogens is 234 g/mol. The standard InChI is InChI=1S/C17H25NO/c1-12-5-4-6-13(2)16(12)11-17(19)9-14-7-8-15(10-17)18(14)3/h4-6,14-15,19H,7-11H2,1-3H3. The molecule has 1 aromatic carbocycles. The van der Waals surface area contributed by atoms with Crippen LogP contribution in [0.5, 0.6) is 0 Å². The fraction of sp³-hybridized carbons (Fsp3) is 0.647. The first-order valence-corrected chi connectivity index (χ1v) is 7.48. The van der Waals surface area contributed by atoms with E-state index in [1.807, 2.05) is 0 Å². The lowest BCUT2D eigenvalue weighted by atomic mass is 9.80. The predicted octanol–water partition coefficient (Wildman–Crippen LogP) is 2.83. The van der Waals surface area contributed by atoms with Crippen LogP contribution < -0.4 is 0 Å². The number of rotatable bonds is 2. The smallest absolute Gasteiger partial charge is 0.0717 e. The molecular formula is C17H25NO. The van der Waals surface area contributed by atoms with E-state index in [-0.39, 0.29) is 0 Å². The summed E-state index contributed by atoms with van der Waals surface area (Å²) in [7, 11) is 2.22. The van der Waals surface area contributed by atoms with E-state index in [0.29, 0.717) is 12.1 Å². The SMILES string of the molecule is Cc1cccc(C)c1CC1(O)CC2CCC(C1)N2C. The number of aliphatic hydroxyl groups is 1. The van der Waals surface area contributed by atoms with Gasteiger partial charge < -0.3 is 10.0 Å². The Morgan fingerprint density at radius 1 is 1.16 bits per heavy atom. The van der Waals surface area contributed by atoms with E-state index in [2.05, 4.69) is 44.0 Å². The largest absolute Gasteiger partial charge is 0.389 e. The Labute approximate surface area is 116 Å². The number of fused-ring (bicyclic) bond motifs is 2. The molecule has 2 nitrogen and oxygen atoms in total. The van der Waals surface area contributed by atoms with Gasteiger partial charge in [-0.25, -0.2) is 0 Å². The molecule has 0 amide bonds. The first-order chi connectivity index (χ1) is 8.98. The number of benzene rings is 1. The highest BCUT2D eigenvalue weighted by atomic mass is 16.3. The normalized spacial score (nSPS) is 34.7. The van der Waals surface area contributed by atoms with Gasteiger partial charge in [0, 0.05) is 18.5 Å². The summed E-state index contributed by atoms with van der Waals surface area (Å²) in [6.45, 7) is 4.32. The van der Waals surface area contributed by atoms with Gasteiger partial charge in [-0.3, -0.25) is 0 Å². The maximum atomic E-state index is 11.0. The van der Waals surface area contributed by atoms with Gasteiger partial charge in [0.15, 0.2) is 0 Å². The van der Waals surface area contributed by atoms with Crippen molar-refractivity contribution >= 4 is 0 Å². The molecule has 2 bridgehead atoms. The molecule has 2 heterocycles. The molecule has 0 radical (unpaired) electrons. The summed E-state index contributed by atoms with van der Waals surface area (Å²) in [4.78, 5) is 2.49. The Hall–Kier alpha value is -0.860. The van der Waals surface area contributed by atoms with Gasteiger partial charge in [0.05, 0.1) is 5.60 Å². The Balaban J connectivity index is 1.83. The molecule has 2 aliphatic heterocycles. The van der Waals surface area contributed by atoms with Crippen molar-refractivity contribution in [1.82, 2.24) is 4.90 Å². The maximum Gasteiger partial charge on any atom is 0.0717 e. The molecule has 0 aliphatic carbocycles. The third kappa shape index (κ3) is 2.32. The second-order valence-corrected chi connectivity index (χ2v) is 6.73. The molecule has 1 aromatic rings. The summed E-state index contributed by atoms with van der Waals surface area (Å²) < 4.78 is 0. The summed E-state index contributed by atoms with van der Waals surface area (Å²) in [5, 5.41) is 11.0. The molecule has 2 saturated heterocycles. The second-order valence-electron chi connectivity index (χ2n) is 6.73. The van der Waals surface area contributed by atoms with Crippen molar-refractivity contribution in [2.75, 3.05) is 7.05 Å². The van der Waals surface area contributed by atoms with E-state index < -0.39 is 5.60 Å². The van der Waals surface area contributed by atoms with Crippen LogP contribution in [0.1, 0.15) is 42.4 Å². The summed E-state index contributed by atoms with van der Waals surface area (Å²) in [6.07, 6.45) is 5.22. The van der Waals surface area contributed by atoms with E-state index in [0.717, 1.165) is 19.3 Å². The van der Waals surface area contributed by atoms with Gasteiger partial charge in [-0.2, -0.15) is 0 Å². The number of piperidine rings is 1. The number of nitrogens with zero attached hydrogens (tertiary/aromatic N) is 1. The van der Waals surface area contributed by atoms with Gasteiger partial charge in [0.25, 0.3) is 0 Å². The third-order valence-electron chi connectivity index (χ3n) is 5.37. The summed E-state index contributed by atoms with van der Waals surface area (Å²) in [5.74, 6) is 0. The van der Waals surface area contributed by atoms with Crippen LogP contribution >= 0.6 is 0 Å². The molecule has 2 unspecified atom stereocenters. The molecule has 104 valence electrons. The number of hydrogen-bond acceptors (Lipinski definition) is 2. The summed E-state index contributed by atoms with van der Waals surface area (Å²) >= 11 is 0. The molecule has 0 aromatic heterocycles. The van der Waals surface area contributed by atoms with Crippen LogP contribution in [0, 0.1) is 13.8 Å². The quantitative estimate of drug-likeness (QED) is 0.883. The Morgan fingerprint density at radius 2 is 1.68 bits per heavy atom. The van der Waals surface area contributed by atoms with Crippen LogP contribution in [0.15, 0.2) is 18.2 Å². The molecule has 19 heavy (non-hydrogen) atoms. The summed E-state index contributed by atoms with van der Waals surface area (Å²) in [6, 6.07) is 7.61. The average Bonchev–Trinajstić information content (AvgIpc) is 2.59. The minimum atomic E-state index is -0.491. The van der Waals surface area contributed by atoms with Gasteiger partial charge in [-0.15, -0.1) is 0 Å². The zero-order chi connectivity index (χ0) is 13.6. The lowest BCUT2D eigenvalue weighted by Crippen LogP contribution is -2.50. The van der Waals surface area contributed by atoms with Crippen molar-refractivity contribution < 1.29 is 5.11 Å². The van der Waals surface area contributed by atoms with Crippen LogP contribution in [-0.2, 0) is 6.42 Å². The topological polar surface area (TPSA) is 23.5 Å². The van der Waals surface area contributed by atoms with Crippen LogP contribution in [0.2, 0.25) is 0 Å². The van der Waals surface area contributed by atoms with E-state index in [4.69, 9.17) is 0 Å². The van der Waals surface area contributed by atoms with Gasteiger partial charge in [0.2, 0.25) is 0 Å². The van der Waals surface area contributed by atoms with Crippen molar-refractivity contribution in [3.05, 3.63) is 34.9 Å². The monoisotopic (exact) mass is 259 g/mol. The molecule has 3 rings (SSSR count). The molecule has 2 fully saturated rings. The highest BCUT2D eigenvalue weighted by molar-refractivity contribution is 5.35. The molecule has 2 aliphatic rings. The van der Waals surface area contributed by atoms with Gasteiger partial charge >= 0.3 is 0 Å². The molecule has 1 N–H and O–H groups in total. The average molecular weight is 259 g/mol. The second kappa shape index (κ2) is 4.60. The minimum Gasteiger partial charge on any atom is -0.389 e. The van der Waals surface area contributed by atoms with Crippen LogP contribution in [-0.4, -0.2) is 34.7 Å². The third-order valence-corrected chi connectivity index (χ3v) is 5.37. The van der Waals surface area contributed by atoms with Crippen LogP contribution in [0.25, 0.3) is 0 Å². The van der Waals surface area contributed by atoms with Crippen molar-refractivity contribution in [2.24, 2.45) is 0 Å². The van der Waals surface area contributed by atoms with E-state index in [1.54, 1.807) is 0 Å². The fourth-order valence-electron chi connectivity index (χ4n) is 4.14.